The number of aromatic amines is 1. The summed E-state index contributed by atoms with van der Waals surface area (Å²) in [5, 5.41) is 9.43. The van der Waals surface area contributed by atoms with Gasteiger partial charge in [-0.2, -0.15) is 5.10 Å². The van der Waals surface area contributed by atoms with Gasteiger partial charge in [-0.15, -0.1) is 0 Å². The lowest BCUT2D eigenvalue weighted by molar-refractivity contribution is 0.0938. The van der Waals surface area contributed by atoms with Crippen LogP contribution in [0.4, 0.5) is 0 Å². The molecule has 0 radical (unpaired) electrons. The third-order valence-corrected chi connectivity index (χ3v) is 4.21. The minimum atomic E-state index is -0.268. The largest absolute Gasteiger partial charge is 0.493 e. The molecule has 126 valence electrons. The summed E-state index contributed by atoms with van der Waals surface area (Å²) in [6.07, 6.45) is 5.64. The number of fused-ring (bicyclic) bond motifs is 1. The molecule has 1 amide bonds. The molecule has 7 heteroatoms. The fourth-order valence-corrected chi connectivity index (χ4v) is 2.86. The van der Waals surface area contributed by atoms with Crippen molar-refractivity contribution in [1.29, 1.82) is 0 Å². The van der Waals surface area contributed by atoms with Crippen LogP contribution in [0.25, 0.3) is 11.1 Å². The Morgan fingerprint density at radius 2 is 2.20 bits per heavy atom. The zero-order valence-corrected chi connectivity index (χ0v) is 13.7. The minimum absolute atomic E-state index is 0.206. The summed E-state index contributed by atoms with van der Waals surface area (Å²) in [7, 11) is 0. The Bertz CT molecular complexity index is 908. The number of carbonyl (C=O) groups excluding carboxylic acids is 1. The topological polar surface area (TPSA) is 92.8 Å². The SMILES string of the molecule is C[C@@H](NC(=O)c1cncc(-c2ccc3c(c2)CCO3)c1)c1ncn[nH]1. The van der Waals surface area contributed by atoms with Gasteiger partial charge in [0, 0.05) is 24.4 Å². The number of nitrogens with one attached hydrogen (secondary N) is 2. The maximum Gasteiger partial charge on any atom is 0.253 e. The van der Waals surface area contributed by atoms with Crippen molar-refractivity contribution < 1.29 is 9.53 Å². The van der Waals surface area contributed by atoms with Gasteiger partial charge < -0.3 is 10.1 Å². The van der Waals surface area contributed by atoms with Gasteiger partial charge in [-0.05, 0) is 36.2 Å². The van der Waals surface area contributed by atoms with E-state index in [1.165, 1.54) is 11.9 Å². The highest BCUT2D eigenvalue weighted by Crippen LogP contribution is 2.30. The molecule has 0 fully saturated rings. The molecular weight excluding hydrogens is 318 g/mol. The number of ether oxygens (including phenoxy) is 1. The van der Waals surface area contributed by atoms with Crippen molar-refractivity contribution in [2.45, 2.75) is 19.4 Å². The number of hydrogen-bond acceptors (Lipinski definition) is 5. The van der Waals surface area contributed by atoms with E-state index in [1.807, 2.05) is 25.1 Å². The lowest BCUT2D eigenvalue weighted by Gasteiger charge is -2.11. The molecule has 2 N–H and O–H groups in total. The predicted octanol–water partition coefficient (Wildman–Crippen LogP) is 2.29. The molecule has 25 heavy (non-hydrogen) atoms. The maximum absolute atomic E-state index is 12.5. The summed E-state index contributed by atoms with van der Waals surface area (Å²) >= 11 is 0. The maximum atomic E-state index is 12.5. The Kier molecular flexibility index (Phi) is 3.89. The number of hydrogen-bond donors (Lipinski definition) is 2. The van der Waals surface area contributed by atoms with E-state index in [9.17, 15) is 4.79 Å². The van der Waals surface area contributed by atoms with Crippen molar-refractivity contribution in [1.82, 2.24) is 25.5 Å². The van der Waals surface area contributed by atoms with E-state index < -0.39 is 0 Å². The number of rotatable bonds is 4. The van der Waals surface area contributed by atoms with Crippen LogP contribution in [-0.4, -0.2) is 32.7 Å². The quantitative estimate of drug-likeness (QED) is 0.763. The minimum Gasteiger partial charge on any atom is -0.493 e. The zero-order valence-electron chi connectivity index (χ0n) is 13.7. The smallest absolute Gasteiger partial charge is 0.253 e. The molecule has 0 saturated heterocycles. The van der Waals surface area contributed by atoms with Crippen molar-refractivity contribution in [2.24, 2.45) is 0 Å². The lowest BCUT2D eigenvalue weighted by atomic mass is 10.0. The molecule has 0 saturated carbocycles. The molecule has 7 nitrogen and oxygen atoms in total. The summed E-state index contributed by atoms with van der Waals surface area (Å²) in [4.78, 5) is 20.8. The molecule has 3 aromatic rings. The third-order valence-electron chi connectivity index (χ3n) is 4.21. The summed E-state index contributed by atoms with van der Waals surface area (Å²) in [5.41, 5.74) is 3.61. The molecule has 1 atom stereocenters. The van der Waals surface area contributed by atoms with Crippen LogP contribution in [0.1, 0.15) is 34.7 Å². The molecular formula is C18H17N5O2. The predicted molar refractivity (Wildman–Crippen MR) is 91.1 cm³/mol. The summed E-state index contributed by atoms with van der Waals surface area (Å²) in [6.45, 7) is 2.56. The van der Waals surface area contributed by atoms with Crippen molar-refractivity contribution in [2.75, 3.05) is 6.61 Å². The van der Waals surface area contributed by atoms with E-state index in [0.717, 1.165) is 29.9 Å². The van der Waals surface area contributed by atoms with Crippen LogP contribution in [0.3, 0.4) is 0 Å². The Hall–Kier alpha value is -3.22. The summed E-state index contributed by atoms with van der Waals surface area (Å²) in [6, 6.07) is 7.62. The third kappa shape index (κ3) is 3.08. The molecule has 0 bridgehead atoms. The van der Waals surface area contributed by atoms with E-state index in [0.29, 0.717) is 11.4 Å². The molecule has 0 unspecified atom stereocenters. The Morgan fingerprint density at radius 3 is 3.04 bits per heavy atom. The molecule has 0 aliphatic carbocycles. The zero-order chi connectivity index (χ0) is 17.2. The van der Waals surface area contributed by atoms with Gasteiger partial charge in [0.05, 0.1) is 18.2 Å². The van der Waals surface area contributed by atoms with E-state index in [1.54, 1.807) is 12.4 Å². The van der Waals surface area contributed by atoms with E-state index >= 15 is 0 Å². The van der Waals surface area contributed by atoms with Crippen molar-refractivity contribution in [3.8, 4) is 16.9 Å². The van der Waals surface area contributed by atoms with Crippen LogP contribution >= 0.6 is 0 Å². The standard InChI is InChI=1S/C18H17N5O2/c1-11(17-20-10-21-23-17)22-18(24)15-7-14(8-19-9-15)12-2-3-16-13(6-12)4-5-25-16/h2-3,6-11H,4-5H2,1H3,(H,22,24)(H,20,21,23)/t11-/m1/s1. The van der Waals surface area contributed by atoms with Crippen LogP contribution in [0.15, 0.2) is 43.0 Å². The van der Waals surface area contributed by atoms with Crippen LogP contribution in [0.5, 0.6) is 5.75 Å². The number of aromatic nitrogens is 4. The number of H-pyrrole nitrogens is 1. The average molecular weight is 335 g/mol. The number of pyridine rings is 1. The van der Waals surface area contributed by atoms with Crippen LogP contribution < -0.4 is 10.1 Å². The molecule has 0 spiro atoms. The van der Waals surface area contributed by atoms with E-state index in [4.69, 9.17) is 4.74 Å². The lowest BCUT2D eigenvalue weighted by Crippen LogP contribution is -2.27. The fourth-order valence-electron chi connectivity index (χ4n) is 2.86. The molecule has 3 heterocycles. The first kappa shape index (κ1) is 15.3. The first-order chi connectivity index (χ1) is 12.2. The van der Waals surface area contributed by atoms with Gasteiger partial charge >= 0.3 is 0 Å². The second kappa shape index (κ2) is 6.35. The Morgan fingerprint density at radius 1 is 1.28 bits per heavy atom. The van der Waals surface area contributed by atoms with Crippen molar-refractivity contribution >= 4 is 5.91 Å². The number of benzene rings is 1. The van der Waals surface area contributed by atoms with Crippen LogP contribution in [0.2, 0.25) is 0 Å². The monoisotopic (exact) mass is 335 g/mol. The number of carbonyl (C=O) groups is 1. The normalized spacial score (nSPS) is 13.8. The fraction of sp³-hybridized carbons (Fsp3) is 0.222. The Balaban J connectivity index is 1.56. The van der Waals surface area contributed by atoms with Gasteiger partial charge in [0.1, 0.15) is 17.9 Å². The molecule has 1 aliphatic rings. The number of nitrogens with zero attached hydrogens (tertiary/aromatic N) is 3. The molecule has 4 rings (SSSR count). The first-order valence-electron chi connectivity index (χ1n) is 8.08. The van der Waals surface area contributed by atoms with Crippen LogP contribution in [-0.2, 0) is 6.42 Å². The van der Waals surface area contributed by atoms with Gasteiger partial charge in [0.25, 0.3) is 5.91 Å². The van der Waals surface area contributed by atoms with Crippen LogP contribution in [0, 0.1) is 0 Å². The summed E-state index contributed by atoms with van der Waals surface area (Å²) in [5.74, 6) is 1.34. The van der Waals surface area contributed by atoms with E-state index in [2.05, 4.69) is 31.5 Å². The molecule has 1 aromatic carbocycles. The number of amides is 1. The Labute approximate surface area is 144 Å². The second-order valence-electron chi connectivity index (χ2n) is 5.95. The average Bonchev–Trinajstić information content (AvgIpc) is 3.32. The highest BCUT2D eigenvalue weighted by molar-refractivity contribution is 5.95. The van der Waals surface area contributed by atoms with Gasteiger partial charge in [-0.3, -0.25) is 14.9 Å². The molecule has 2 aromatic heterocycles. The van der Waals surface area contributed by atoms with Crippen molar-refractivity contribution in [3.05, 3.63) is 59.9 Å². The summed E-state index contributed by atoms with van der Waals surface area (Å²) < 4.78 is 5.54. The van der Waals surface area contributed by atoms with Gasteiger partial charge in [-0.1, -0.05) is 6.07 Å². The van der Waals surface area contributed by atoms with Gasteiger partial charge in [0.2, 0.25) is 0 Å². The van der Waals surface area contributed by atoms with Gasteiger partial charge in [0.15, 0.2) is 0 Å². The van der Waals surface area contributed by atoms with E-state index in [-0.39, 0.29) is 11.9 Å². The highest BCUT2D eigenvalue weighted by atomic mass is 16.5. The second-order valence-corrected chi connectivity index (χ2v) is 5.95. The highest BCUT2D eigenvalue weighted by Gasteiger charge is 2.16. The molecule has 1 aliphatic heterocycles. The first-order valence-corrected chi connectivity index (χ1v) is 8.08. The van der Waals surface area contributed by atoms with Gasteiger partial charge in [-0.25, -0.2) is 4.98 Å². The van der Waals surface area contributed by atoms with Crippen molar-refractivity contribution in [3.63, 3.8) is 0 Å².